The standard InChI is InChI=1S/C18H15ClN2O3S/c1-10-3-5-12(19)9-13(10)20-18-21-17(23)16(25-18)8-11-4-6-14(22)15(7-11)24-2/h3-9,22H,1-2H3,(H,20,21,23). The molecule has 2 aromatic rings. The third-order valence-electron chi connectivity index (χ3n) is 3.55. The number of nitrogens with one attached hydrogen (secondary N) is 1. The first-order valence-electron chi connectivity index (χ1n) is 7.39. The highest BCUT2D eigenvalue weighted by molar-refractivity contribution is 8.18. The fourth-order valence-electron chi connectivity index (χ4n) is 2.23. The van der Waals surface area contributed by atoms with Crippen molar-refractivity contribution in [1.29, 1.82) is 0 Å². The van der Waals surface area contributed by atoms with Crippen molar-refractivity contribution in [3.05, 3.63) is 57.5 Å². The number of carbonyl (C=O) groups is 1. The number of amides is 1. The lowest BCUT2D eigenvalue weighted by atomic mass is 10.2. The summed E-state index contributed by atoms with van der Waals surface area (Å²) in [6.45, 7) is 1.93. The molecule has 3 rings (SSSR count). The van der Waals surface area contributed by atoms with Crippen molar-refractivity contribution in [3.63, 3.8) is 0 Å². The summed E-state index contributed by atoms with van der Waals surface area (Å²) in [5.74, 6) is 0.170. The van der Waals surface area contributed by atoms with Crippen LogP contribution in [-0.2, 0) is 4.79 Å². The molecule has 2 N–H and O–H groups in total. The van der Waals surface area contributed by atoms with Crippen molar-refractivity contribution in [2.75, 3.05) is 7.11 Å². The van der Waals surface area contributed by atoms with Gasteiger partial charge in [0, 0.05) is 5.02 Å². The van der Waals surface area contributed by atoms with E-state index in [1.165, 1.54) is 24.9 Å². The highest BCUT2D eigenvalue weighted by Gasteiger charge is 2.24. The third-order valence-corrected chi connectivity index (χ3v) is 4.69. The topological polar surface area (TPSA) is 70.9 Å². The number of aryl methyl sites for hydroxylation is 1. The molecule has 2 aromatic carbocycles. The number of methoxy groups -OCH3 is 1. The Hall–Kier alpha value is -2.44. The third kappa shape index (κ3) is 3.97. The van der Waals surface area contributed by atoms with E-state index in [9.17, 15) is 9.90 Å². The highest BCUT2D eigenvalue weighted by atomic mass is 35.5. The summed E-state index contributed by atoms with van der Waals surface area (Å²) < 4.78 is 5.08. The number of halogens is 1. The molecule has 5 nitrogen and oxygen atoms in total. The van der Waals surface area contributed by atoms with Crippen LogP contribution in [0.4, 0.5) is 5.69 Å². The quantitative estimate of drug-likeness (QED) is 0.788. The van der Waals surface area contributed by atoms with Crippen molar-refractivity contribution in [2.24, 2.45) is 4.99 Å². The van der Waals surface area contributed by atoms with Gasteiger partial charge in [0.15, 0.2) is 16.7 Å². The number of phenolic OH excluding ortho intramolecular Hbond substituents is 1. The molecular weight excluding hydrogens is 360 g/mol. The zero-order valence-corrected chi connectivity index (χ0v) is 15.1. The molecule has 0 aliphatic carbocycles. The van der Waals surface area contributed by atoms with Crippen LogP contribution in [0.3, 0.4) is 0 Å². The van der Waals surface area contributed by atoms with Gasteiger partial charge in [-0.25, -0.2) is 4.99 Å². The lowest BCUT2D eigenvalue weighted by Gasteiger charge is -2.04. The Morgan fingerprint density at radius 3 is 2.84 bits per heavy atom. The van der Waals surface area contributed by atoms with Gasteiger partial charge in [0.05, 0.1) is 17.7 Å². The Bertz CT molecular complexity index is 909. The Balaban J connectivity index is 1.87. The maximum absolute atomic E-state index is 12.2. The Kier molecular flexibility index (Phi) is 5.01. The van der Waals surface area contributed by atoms with E-state index in [2.05, 4.69) is 10.3 Å². The summed E-state index contributed by atoms with van der Waals surface area (Å²) in [4.78, 5) is 17.1. The molecule has 0 aromatic heterocycles. The molecule has 1 amide bonds. The maximum Gasteiger partial charge on any atom is 0.264 e. The Morgan fingerprint density at radius 2 is 2.08 bits per heavy atom. The molecule has 0 atom stereocenters. The summed E-state index contributed by atoms with van der Waals surface area (Å²) in [6, 6.07) is 10.3. The van der Waals surface area contributed by atoms with Crippen molar-refractivity contribution in [2.45, 2.75) is 6.92 Å². The molecule has 7 heteroatoms. The predicted molar refractivity (Wildman–Crippen MR) is 102 cm³/mol. The number of nitrogens with zero attached hydrogens (tertiary/aromatic N) is 1. The van der Waals surface area contributed by atoms with E-state index in [1.54, 1.807) is 30.3 Å². The van der Waals surface area contributed by atoms with Crippen LogP contribution >= 0.6 is 23.4 Å². The summed E-state index contributed by atoms with van der Waals surface area (Å²) in [7, 11) is 1.47. The second-order valence-corrected chi connectivity index (χ2v) is 6.81. The van der Waals surface area contributed by atoms with E-state index >= 15 is 0 Å². The van der Waals surface area contributed by atoms with Crippen molar-refractivity contribution < 1.29 is 14.6 Å². The number of thioether (sulfide) groups is 1. The van der Waals surface area contributed by atoms with Gasteiger partial charge in [-0.05, 0) is 60.2 Å². The van der Waals surface area contributed by atoms with Gasteiger partial charge in [-0.15, -0.1) is 0 Å². The average Bonchev–Trinajstić information content (AvgIpc) is 2.92. The number of benzene rings is 2. The summed E-state index contributed by atoms with van der Waals surface area (Å²) >= 11 is 7.25. The molecule has 0 unspecified atom stereocenters. The second kappa shape index (κ2) is 7.21. The number of carbonyl (C=O) groups excluding carboxylic acids is 1. The monoisotopic (exact) mass is 374 g/mol. The average molecular weight is 375 g/mol. The zero-order chi connectivity index (χ0) is 18.0. The normalized spacial score (nSPS) is 17.2. The van der Waals surface area contributed by atoms with Gasteiger partial charge >= 0.3 is 0 Å². The first-order chi connectivity index (χ1) is 12.0. The minimum Gasteiger partial charge on any atom is -0.504 e. The molecule has 1 heterocycles. The van der Waals surface area contributed by atoms with Gasteiger partial charge in [-0.2, -0.15) is 0 Å². The molecular formula is C18H15ClN2O3S. The van der Waals surface area contributed by atoms with Crippen molar-refractivity contribution in [3.8, 4) is 11.5 Å². The molecule has 0 radical (unpaired) electrons. The molecule has 1 saturated heterocycles. The maximum atomic E-state index is 12.2. The predicted octanol–water partition coefficient (Wildman–Crippen LogP) is 4.25. The lowest BCUT2D eigenvalue weighted by molar-refractivity contribution is -0.115. The largest absolute Gasteiger partial charge is 0.504 e. The van der Waals surface area contributed by atoms with Gasteiger partial charge in [0.2, 0.25) is 0 Å². The summed E-state index contributed by atoms with van der Waals surface area (Å²) in [5.41, 5.74) is 2.42. The van der Waals surface area contributed by atoms with E-state index < -0.39 is 0 Å². The number of aliphatic imine (C=N–C) groups is 1. The Labute approximate surface area is 154 Å². The SMILES string of the molecule is COc1cc(C=C2SC(=Nc3cc(Cl)ccc3C)NC2=O)ccc1O. The first kappa shape index (κ1) is 17.4. The number of phenols is 1. The fraction of sp³-hybridized carbons (Fsp3) is 0.111. The van der Waals surface area contributed by atoms with Crippen LogP contribution in [0.2, 0.25) is 5.02 Å². The molecule has 128 valence electrons. The first-order valence-corrected chi connectivity index (χ1v) is 8.58. The van der Waals surface area contributed by atoms with Gasteiger partial charge < -0.3 is 15.2 Å². The number of aromatic hydroxyl groups is 1. The van der Waals surface area contributed by atoms with E-state index in [0.717, 1.165) is 11.1 Å². The summed E-state index contributed by atoms with van der Waals surface area (Å²) in [5, 5.41) is 13.5. The van der Waals surface area contributed by atoms with Gasteiger partial charge in [0.25, 0.3) is 5.91 Å². The number of amidine groups is 1. The van der Waals surface area contributed by atoms with Crippen LogP contribution in [0.15, 0.2) is 46.3 Å². The second-order valence-electron chi connectivity index (χ2n) is 5.34. The molecule has 0 bridgehead atoms. The van der Waals surface area contributed by atoms with Crippen molar-refractivity contribution in [1.82, 2.24) is 5.32 Å². The van der Waals surface area contributed by atoms with Crippen LogP contribution in [-0.4, -0.2) is 23.3 Å². The number of hydrogen-bond donors (Lipinski definition) is 2. The fourth-order valence-corrected chi connectivity index (χ4v) is 3.23. The van der Waals surface area contributed by atoms with Gasteiger partial charge in [-0.3, -0.25) is 4.79 Å². The van der Waals surface area contributed by atoms with Gasteiger partial charge in [0.1, 0.15) is 0 Å². The van der Waals surface area contributed by atoms with Gasteiger partial charge in [-0.1, -0.05) is 23.7 Å². The molecule has 0 saturated carbocycles. The molecule has 25 heavy (non-hydrogen) atoms. The number of hydrogen-bond acceptors (Lipinski definition) is 5. The number of ether oxygens (including phenoxy) is 1. The molecule has 1 fully saturated rings. The van der Waals surface area contributed by atoms with E-state index in [4.69, 9.17) is 16.3 Å². The van der Waals surface area contributed by atoms with Crippen LogP contribution < -0.4 is 10.1 Å². The zero-order valence-electron chi connectivity index (χ0n) is 13.5. The van der Waals surface area contributed by atoms with Crippen LogP contribution in [0, 0.1) is 6.92 Å². The molecule has 1 aliphatic heterocycles. The smallest absolute Gasteiger partial charge is 0.264 e. The van der Waals surface area contributed by atoms with Crippen molar-refractivity contribution >= 4 is 46.2 Å². The highest BCUT2D eigenvalue weighted by Crippen LogP contribution is 2.32. The lowest BCUT2D eigenvalue weighted by Crippen LogP contribution is -2.19. The van der Waals surface area contributed by atoms with E-state index in [-0.39, 0.29) is 11.7 Å². The Morgan fingerprint density at radius 1 is 1.28 bits per heavy atom. The minimum atomic E-state index is -0.226. The molecule has 0 spiro atoms. The van der Waals surface area contributed by atoms with E-state index in [0.29, 0.717) is 26.5 Å². The van der Waals surface area contributed by atoms with E-state index in [1.807, 2.05) is 13.0 Å². The van der Waals surface area contributed by atoms with Crippen LogP contribution in [0.1, 0.15) is 11.1 Å². The summed E-state index contributed by atoms with van der Waals surface area (Å²) in [6.07, 6.45) is 1.72. The minimum absolute atomic E-state index is 0.0480. The molecule has 1 aliphatic rings. The van der Waals surface area contributed by atoms with Crippen LogP contribution in [0.5, 0.6) is 11.5 Å². The number of rotatable bonds is 3. The van der Waals surface area contributed by atoms with Crippen LogP contribution in [0.25, 0.3) is 6.08 Å².